The van der Waals surface area contributed by atoms with Gasteiger partial charge in [-0.1, -0.05) is 54.6 Å². The van der Waals surface area contributed by atoms with Crippen molar-refractivity contribution < 1.29 is 9.90 Å². The highest BCUT2D eigenvalue weighted by Gasteiger charge is 2.11. The minimum Gasteiger partial charge on any atom is -0.508 e. The van der Waals surface area contributed by atoms with Gasteiger partial charge in [-0.25, -0.2) is 0 Å². The predicted molar refractivity (Wildman–Crippen MR) is 97.1 cm³/mol. The van der Waals surface area contributed by atoms with Crippen LogP contribution in [0.15, 0.2) is 78.9 Å². The number of rotatable bonds is 4. The Morgan fingerprint density at radius 1 is 0.833 bits per heavy atom. The standard InChI is InChI=1S/C21H19NO2/c1-22(19-11-13-20(23)14-12-19)21(24)15-16-7-9-18(10-8-16)17-5-3-2-4-6-17/h2-14,23H,15H2,1H3. The van der Waals surface area contributed by atoms with E-state index < -0.39 is 0 Å². The second kappa shape index (κ2) is 7.01. The summed E-state index contributed by atoms with van der Waals surface area (Å²) in [6.07, 6.45) is 0.340. The monoisotopic (exact) mass is 317 g/mol. The number of carbonyl (C=O) groups excluding carboxylic acids is 1. The van der Waals surface area contributed by atoms with E-state index in [9.17, 15) is 9.90 Å². The van der Waals surface area contributed by atoms with Crippen molar-refractivity contribution in [2.24, 2.45) is 0 Å². The molecule has 0 unspecified atom stereocenters. The summed E-state index contributed by atoms with van der Waals surface area (Å²) in [5, 5.41) is 9.33. The molecule has 120 valence electrons. The fraction of sp³-hybridized carbons (Fsp3) is 0.0952. The Hall–Kier alpha value is -3.07. The van der Waals surface area contributed by atoms with Crippen molar-refractivity contribution in [3.8, 4) is 16.9 Å². The van der Waals surface area contributed by atoms with Gasteiger partial charge in [-0.3, -0.25) is 4.79 Å². The van der Waals surface area contributed by atoms with Crippen molar-refractivity contribution in [2.45, 2.75) is 6.42 Å². The molecule has 3 aromatic rings. The fourth-order valence-electron chi connectivity index (χ4n) is 2.56. The number of benzene rings is 3. The van der Waals surface area contributed by atoms with Crippen LogP contribution >= 0.6 is 0 Å². The maximum absolute atomic E-state index is 12.4. The van der Waals surface area contributed by atoms with Gasteiger partial charge in [-0.15, -0.1) is 0 Å². The summed E-state index contributed by atoms with van der Waals surface area (Å²) in [7, 11) is 1.74. The third-order valence-corrected chi connectivity index (χ3v) is 4.03. The van der Waals surface area contributed by atoms with Gasteiger partial charge in [0.1, 0.15) is 5.75 Å². The summed E-state index contributed by atoms with van der Waals surface area (Å²) in [4.78, 5) is 14.0. The Balaban J connectivity index is 1.69. The Kier molecular flexibility index (Phi) is 4.62. The van der Waals surface area contributed by atoms with Crippen molar-refractivity contribution in [3.05, 3.63) is 84.4 Å². The molecule has 1 N–H and O–H groups in total. The SMILES string of the molecule is CN(C(=O)Cc1ccc(-c2ccccc2)cc1)c1ccc(O)cc1. The van der Waals surface area contributed by atoms with E-state index in [-0.39, 0.29) is 11.7 Å². The zero-order chi connectivity index (χ0) is 16.9. The molecule has 3 rings (SSSR count). The molecule has 0 saturated heterocycles. The first-order valence-corrected chi connectivity index (χ1v) is 7.83. The van der Waals surface area contributed by atoms with E-state index >= 15 is 0 Å². The Bertz CT molecular complexity index is 809. The second-order valence-electron chi connectivity index (χ2n) is 5.71. The summed E-state index contributed by atoms with van der Waals surface area (Å²) < 4.78 is 0. The summed E-state index contributed by atoms with van der Waals surface area (Å²) in [5.41, 5.74) is 4.04. The maximum atomic E-state index is 12.4. The minimum atomic E-state index is 0.00755. The van der Waals surface area contributed by atoms with E-state index in [0.717, 1.165) is 22.4 Å². The molecule has 0 aromatic heterocycles. The van der Waals surface area contributed by atoms with Gasteiger partial charge < -0.3 is 10.0 Å². The van der Waals surface area contributed by atoms with Gasteiger partial charge in [-0.05, 0) is 41.0 Å². The van der Waals surface area contributed by atoms with E-state index in [1.165, 1.54) is 0 Å². The molecule has 0 radical (unpaired) electrons. The van der Waals surface area contributed by atoms with Crippen LogP contribution in [0.5, 0.6) is 5.75 Å². The van der Waals surface area contributed by atoms with Crippen LogP contribution in [0.2, 0.25) is 0 Å². The number of aromatic hydroxyl groups is 1. The van der Waals surface area contributed by atoms with Crippen molar-refractivity contribution >= 4 is 11.6 Å². The molecule has 3 heteroatoms. The number of likely N-dealkylation sites (N-methyl/N-ethyl adjacent to an activating group) is 1. The Labute approximate surface area is 141 Å². The van der Waals surface area contributed by atoms with E-state index in [4.69, 9.17) is 0 Å². The zero-order valence-corrected chi connectivity index (χ0v) is 13.5. The van der Waals surface area contributed by atoms with Crippen LogP contribution < -0.4 is 4.90 Å². The first kappa shape index (κ1) is 15.8. The smallest absolute Gasteiger partial charge is 0.231 e. The molecule has 0 aliphatic carbocycles. The molecule has 3 aromatic carbocycles. The molecule has 0 heterocycles. The fourth-order valence-corrected chi connectivity index (χ4v) is 2.56. The van der Waals surface area contributed by atoms with E-state index in [1.807, 2.05) is 42.5 Å². The molecule has 3 nitrogen and oxygen atoms in total. The third kappa shape index (κ3) is 3.63. The van der Waals surface area contributed by atoms with Gasteiger partial charge in [0.25, 0.3) is 0 Å². The predicted octanol–water partition coefficient (Wildman–Crippen LogP) is 4.26. The Morgan fingerprint density at radius 3 is 2.04 bits per heavy atom. The molecule has 0 aliphatic heterocycles. The topological polar surface area (TPSA) is 40.5 Å². The van der Waals surface area contributed by atoms with Crippen LogP contribution in [0.4, 0.5) is 5.69 Å². The van der Waals surface area contributed by atoms with Crippen molar-refractivity contribution in [1.82, 2.24) is 0 Å². The lowest BCUT2D eigenvalue weighted by Gasteiger charge is -2.17. The average molecular weight is 317 g/mol. The van der Waals surface area contributed by atoms with Gasteiger partial charge in [0.05, 0.1) is 6.42 Å². The van der Waals surface area contributed by atoms with Gasteiger partial charge >= 0.3 is 0 Å². The van der Waals surface area contributed by atoms with Gasteiger partial charge in [0.15, 0.2) is 0 Å². The highest BCUT2D eigenvalue weighted by molar-refractivity contribution is 5.94. The molecule has 0 saturated carbocycles. The molecular formula is C21H19NO2. The van der Waals surface area contributed by atoms with Crippen molar-refractivity contribution in [2.75, 3.05) is 11.9 Å². The number of hydrogen-bond donors (Lipinski definition) is 1. The van der Waals surface area contributed by atoms with Gasteiger partial charge in [0.2, 0.25) is 5.91 Å². The number of nitrogens with zero attached hydrogens (tertiary/aromatic N) is 1. The highest BCUT2D eigenvalue weighted by Crippen LogP contribution is 2.21. The van der Waals surface area contributed by atoms with Crippen LogP contribution in [0, 0.1) is 0 Å². The average Bonchev–Trinajstić information content (AvgIpc) is 2.63. The highest BCUT2D eigenvalue weighted by atomic mass is 16.3. The van der Waals surface area contributed by atoms with Crippen LogP contribution in [0.1, 0.15) is 5.56 Å². The van der Waals surface area contributed by atoms with Crippen molar-refractivity contribution in [1.29, 1.82) is 0 Å². The summed E-state index contributed by atoms with van der Waals surface area (Å²) >= 11 is 0. The van der Waals surface area contributed by atoms with Crippen LogP contribution in [-0.2, 0) is 11.2 Å². The van der Waals surface area contributed by atoms with Crippen molar-refractivity contribution in [3.63, 3.8) is 0 Å². The number of hydrogen-bond acceptors (Lipinski definition) is 2. The van der Waals surface area contributed by atoms with E-state index in [0.29, 0.717) is 6.42 Å². The lowest BCUT2D eigenvalue weighted by molar-refractivity contribution is -0.117. The molecule has 1 amide bonds. The van der Waals surface area contributed by atoms with E-state index in [1.54, 1.807) is 36.2 Å². The molecule has 0 fully saturated rings. The van der Waals surface area contributed by atoms with Crippen LogP contribution in [0.25, 0.3) is 11.1 Å². The zero-order valence-electron chi connectivity index (χ0n) is 13.5. The Morgan fingerprint density at radius 2 is 1.42 bits per heavy atom. The molecule has 0 atom stereocenters. The number of carbonyl (C=O) groups is 1. The second-order valence-corrected chi connectivity index (χ2v) is 5.71. The lowest BCUT2D eigenvalue weighted by atomic mass is 10.0. The molecule has 0 aliphatic rings. The maximum Gasteiger partial charge on any atom is 0.231 e. The molecule has 24 heavy (non-hydrogen) atoms. The number of phenols is 1. The van der Waals surface area contributed by atoms with E-state index in [2.05, 4.69) is 12.1 Å². The van der Waals surface area contributed by atoms with Crippen LogP contribution in [0.3, 0.4) is 0 Å². The molecule has 0 spiro atoms. The summed E-state index contributed by atoms with van der Waals surface area (Å²) in [6, 6.07) is 24.8. The quantitative estimate of drug-likeness (QED) is 0.781. The van der Waals surface area contributed by atoms with Gasteiger partial charge in [-0.2, -0.15) is 0 Å². The largest absolute Gasteiger partial charge is 0.508 e. The van der Waals surface area contributed by atoms with Gasteiger partial charge in [0, 0.05) is 12.7 Å². The normalized spacial score (nSPS) is 10.4. The molecular weight excluding hydrogens is 298 g/mol. The first-order chi connectivity index (χ1) is 11.6. The first-order valence-electron chi connectivity index (χ1n) is 7.83. The summed E-state index contributed by atoms with van der Waals surface area (Å²) in [6.45, 7) is 0. The minimum absolute atomic E-state index is 0.00755. The number of amides is 1. The third-order valence-electron chi connectivity index (χ3n) is 4.03. The summed E-state index contributed by atoms with van der Waals surface area (Å²) in [5.74, 6) is 0.198. The number of anilines is 1. The molecule has 0 bridgehead atoms. The lowest BCUT2D eigenvalue weighted by Crippen LogP contribution is -2.27. The number of phenolic OH excluding ortho intramolecular Hbond substituents is 1. The van der Waals surface area contributed by atoms with Crippen LogP contribution in [-0.4, -0.2) is 18.1 Å².